The lowest BCUT2D eigenvalue weighted by atomic mass is 10.1. The van der Waals surface area contributed by atoms with Crippen LogP contribution >= 0.6 is 15.9 Å². The van der Waals surface area contributed by atoms with Crippen LogP contribution in [0.4, 0.5) is 5.69 Å². The van der Waals surface area contributed by atoms with E-state index in [-0.39, 0.29) is 0 Å². The first-order chi connectivity index (χ1) is 9.97. The van der Waals surface area contributed by atoms with Gasteiger partial charge in [0.2, 0.25) is 0 Å². The van der Waals surface area contributed by atoms with E-state index in [0.717, 1.165) is 38.1 Å². The quantitative estimate of drug-likeness (QED) is 0.670. The number of benzene rings is 2. The normalized spacial score (nSPS) is 11.5. The van der Waals surface area contributed by atoms with Crippen molar-refractivity contribution in [2.24, 2.45) is 0 Å². The summed E-state index contributed by atoms with van der Waals surface area (Å²) in [4.78, 5) is 4.81. The van der Waals surface area contributed by atoms with Gasteiger partial charge in [0.25, 0.3) is 0 Å². The van der Waals surface area contributed by atoms with Crippen LogP contribution in [0.15, 0.2) is 40.9 Å². The molecule has 1 aromatic heterocycles. The van der Waals surface area contributed by atoms with Gasteiger partial charge in [0.15, 0.2) is 0 Å². The number of aromatic nitrogens is 2. The summed E-state index contributed by atoms with van der Waals surface area (Å²) in [6.45, 7) is 6.36. The minimum Gasteiger partial charge on any atom is -0.398 e. The van der Waals surface area contributed by atoms with E-state index >= 15 is 0 Å². The van der Waals surface area contributed by atoms with Crippen molar-refractivity contribution < 1.29 is 0 Å². The maximum atomic E-state index is 6.06. The molecule has 2 N–H and O–H groups in total. The number of imidazole rings is 1. The molecule has 0 aliphatic rings. The standard InChI is InChI=1S/C17H18BrN3/c1-10(2)21-16-7-6-13(18)9-15(16)20-17(21)12-5-4-11(3)14(19)8-12/h4-10H,19H2,1-3H3. The van der Waals surface area contributed by atoms with Crippen LogP contribution in [0, 0.1) is 6.92 Å². The SMILES string of the molecule is Cc1ccc(-c2nc3cc(Br)ccc3n2C(C)C)cc1N. The number of fused-ring (bicyclic) bond motifs is 1. The molecule has 0 amide bonds. The summed E-state index contributed by atoms with van der Waals surface area (Å²) in [6.07, 6.45) is 0. The number of halogens is 1. The molecule has 0 saturated carbocycles. The molecule has 2 aromatic carbocycles. The van der Waals surface area contributed by atoms with Gasteiger partial charge in [-0.25, -0.2) is 4.98 Å². The van der Waals surface area contributed by atoms with Gasteiger partial charge >= 0.3 is 0 Å². The first kappa shape index (κ1) is 14.1. The molecule has 0 aliphatic heterocycles. The van der Waals surface area contributed by atoms with Crippen LogP contribution in [0.1, 0.15) is 25.5 Å². The molecule has 3 nitrogen and oxygen atoms in total. The third-order valence-electron chi connectivity index (χ3n) is 3.71. The molecule has 3 aromatic rings. The molecule has 0 atom stereocenters. The molecule has 1 heterocycles. The van der Waals surface area contributed by atoms with Crippen LogP contribution in [-0.4, -0.2) is 9.55 Å². The summed E-state index contributed by atoms with van der Waals surface area (Å²) in [7, 11) is 0. The number of hydrogen-bond acceptors (Lipinski definition) is 2. The van der Waals surface area contributed by atoms with Gasteiger partial charge in [0.1, 0.15) is 5.82 Å². The van der Waals surface area contributed by atoms with Gasteiger partial charge in [0, 0.05) is 21.8 Å². The molecule has 0 radical (unpaired) electrons. The largest absolute Gasteiger partial charge is 0.398 e. The maximum absolute atomic E-state index is 6.06. The van der Waals surface area contributed by atoms with Gasteiger partial charge in [0.05, 0.1) is 11.0 Å². The van der Waals surface area contributed by atoms with Crippen molar-refractivity contribution in [3.63, 3.8) is 0 Å². The van der Waals surface area contributed by atoms with E-state index in [1.54, 1.807) is 0 Å². The lowest BCUT2D eigenvalue weighted by Crippen LogP contribution is -2.03. The Morgan fingerprint density at radius 2 is 1.90 bits per heavy atom. The second kappa shape index (κ2) is 5.19. The predicted octanol–water partition coefficient (Wildman–Crippen LogP) is 4.94. The Balaban J connectivity index is 2.30. The van der Waals surface area contributed by atoms with Crippen molar-refractivity contribution in [1.82, 2.24) is 9.55 Å². The molecular formula is C17H18BrN3. The van der Waals surface area contributed by atoms with Crippen LogP contribution in [0.5, 0.6) is 0 Å². The zero-order valence-electron chi connectivity index (χ0n) is 12.4. The first-order valence-electron chi connectivity index (χ1n) is 7.01. The fraction of sp³-hybridized carbons (Fsp3) is 0.235. The van der Waals surface area contributed by atoms with Crippen molar-refractivity contribution in [3.05, 3.63) is 46.4 Å². The minimum absolute atomic E-state index is 0.328. The average Bonchev–Trinajstić information content (AvgIpc) is 2.80. The molecule has 0 fully saturated rings. The van der Waals surface area contributed by atoms with E-state index in [4.69, 9.17) is 10.7 Å². The number of anilines is 1. The Hall–Kier alpha value is -1.81. The number of aryl methyl sites for hydroxylation is 1. The second-order valence-electron chi connectivity index (χ2n) is 5.60. The maximum Gasteiger partial charge on any atom is 0.141 e. The highest BCUT2D eigenvalue weighted by molar-refractivity contribution is 9.10. The van der Waals surface area contributed by atoms with E-state index < -0.39 is 0 Å². The molecule has 3 rings (SSSR count). The van der Waals surface area contributed by atoms with E-state index in [1.807, 2.05) is 19.1 Å². The summed E-state index contributed by atoms with van der Waals surface area (Å²) in [6, 6.07) is 12.7. The van der Waals surface area contributed by atoms with E-state index in [0.29, 0.717) is 6.04 Å². The Morgan fingerprint density at radius 3 is 2.57 bits per heavy atom. The fourth-order valence-corrected chi connectivity index (χ4v) is 2.93. The zero-order chi connectivity index (χ0) is 15.1. The molecule has 0 unspecified atom stereocenters. The van der Waals surface area contributed by atoms with Crippen LogP contribution in [0.2, 0.25) is 0 Å². The number of hydrogen-bond donors (Lipinski definition) is 1. The number of rotatable bonds is 2. The third-order valence-corrected chi connectivity index (χ3v) is 4.20. The Kier molecular flexibility index (Phi) is 3.49. The van der Waals surface area contributed by atoms with Crippen LogP contribution in [0.25, 0.3) is 22.4 Å². The average molecular weight is 344 g/mol. The van der Waals surface area contributed by atoms with Crippen molar-refractivity contribution in [1.29, 1.82) is 0 Å². The highest BCUT2D eigenvalue weighted by Gasteiger charge is 2.15. The number of nitrogens with two attached hydrogens (primary N) is 1. The molecule has 0 aliphatic carbocycles. The monoisotopic (exact) mass is 343 g/mol. The van der Waals surface area contributed by atoms with Crippen molar-refractivity contribution >= 4 is 32.7 Å². The fourth-order valence-electron chi connectivity index (χ4n) is 2.58. The predicted molar refractivity (Wildman–Crippen MR) is 92.4 cm³/mol. The molecule has 0 bridgehead atoms. The lowest BCUT2D eigenvalue weighted by molar-refractivity contribution is 0.624. The van der Waals surface area contributed by atoms with Crippen LogP contribution in [0.3, 0.4) is 0 Å². The third kappa shape index (κ3) is 2.44. The Labute approximate surface area is 132 Å². The van der Waals surface area contributed by atoms with Crippen LogP contribution < -0.4 is 5.73 Å². The van der Waals surface area contributed by atoms with Crippen molar-refractivity contribution in [3.8, 4) is 11.4 Å². The molecule has 108 valence electrons. The summed E-state index contributed by atoms with van der Waals surface area (Å²) in [5.74, 6) is 0.963. The number of nitrogens with zero attached hydrogens (tertiary/aromatic N) is 2. The van der Waals surface area contributed by atoms with Gasteiger partial charge in [-0.05, 0) is 50.6 Å². The molecular weight excluding hydrogens is 326 g/mol. The minimum atomic E-state index is 0.328. The summed E-state index contributed by atoms with van der Waals surface area (Å²) in [5, 5.41) is 0. The highest BCUT2D eigenvalue weighted by atomic mass is 79.9. The summed E-state index contributed by atoms with van der Waals surface area (Å²) < 4.78 is 3.30. The summed E-state index contributed by atoms with van der Waals surface area (Å²) in [5.41, 5.74) is 11.1. The first-order valence-corrected chi connectivity index (χ1v) is 7.80. The second-order valence-corrected chi connectivity index (χ2v) is 6.52. The van der Waals surface area contributed by atoms with E-state index in [9.17, 15) is 0 Å². The van der Waals surface area contributed by atoms with Crippen molar-refractivity contribution in [2.75, 3.05) is 5.73 Å². The Morgan fingerprint density at radius 1 is 1.14 bits per heavy atom. The summed E-state index contributed by atoms with van der Waals surface area (Å²) >= 11 is 3.51. The lowest BCUT2D eigenvalue weighted by Gasteiger charge is -2.14. The molecule has 0 saturated heterocycles. The van der Waals surface area contributed by atoms with Gasteiger partial charge in [-0.15, -0.1) is 0 Å². The topological polar surface area (TPSA) is 43.8 Å². The van der Waals surface area contributed by atoms with Gasteiger partial charge < -0.3 is 10.3 Å². The van der Waals surface area contributed by atoms with Gasteiger partial charge in [-0.2, -0.15) is 0 Å². The van der Waals surface area contributed by atoms with Crippen LogP contribution in [-0.2, 0) is 0 Å². The van der Waals surface area contributed by atoms with Gasteiger partial charge in [-0.1, -0.05) is 28.1 Å². The molecule has 21 heavy (non-hydrogen) atoms. The Bertz CT molecular complexity index is 818. The number of nitrogen functional groups attached to an aromatic ring is 1. The molecule has 4 heteroatoms. The van der Waals surface area contributed by atoms with Crippen molar-refractivity contribution in [2.45, 2.75) is 26.8 Å². The molecule has 0 spiro atoms. The zero-order valence-corrected chi connectivity index (χ0v) is 14.0. The van der Waals surface area contributed by atoms with E-state index in [1.165, 1.54) is 0 Å². The van der Waals surface area contributed by atoms with E-state index in [2.05, 4.69) is 58.6 Å². The van der Waals surface area contributed by atoms with Gasteiger partial charge in [-0.3, -0.25) is 0 Å². The smallest absolute Gasteiger partial charge is 0.141 e. The highest BCUT2D eigenvalue weighted by Crippen LogP contribution is 2.31.